The zero-order valence-corrected chi connectivity index (χ0v) is 14.2. The minimum atomic E-state index is -3.90. The third-order valence-electron chi connectivity index (χ3n) is 3.64. The van der Waals surface area contributed by atoms with Gasteiger partial charge in [-0.25, -0.2) is 17.5 Å². The molecule has 2 aromatic rings. The Kier molecular flexibility index (Phi) is 5.38. The molecule has 6 heteroatoms. The summed E-state index contributed by atoms with van der Waals surface area (Å²) in [4.78, 5) is -0.211. The van der Waals surface area contributed by atoms with Crippen LogP contribution >= 0.6 is 0 Å². The number of methoxy groups -OCH3 is 1. The standard InChI is InChI=1S/C17H20FNO3S/c1-4-13-5-7-14(8-6-13)12(2)19-23(20,21)17-11-15(18)9-10-16(17)22-3/h5-12,19H,4H2,1-3H3/t12-/m1/s1. The Bertz CT molecular complexity index is 773. The average molecular weight is 337 g/mol. The van der Waals surface area contributed by atoms with E-state index >= 15 is 0 Å². The fourth-order valence-electron chi connectivity index (χ4n) is 2.27. The molecule has 0 saturated heterocycles. The molecule has 2 rings (SSSR count). The van der Waals surface area contributed by atoms with Crippen LogP contribution in [-0.4, -0.2) is 15.5 Å². The number of sulfonamides is 1. The molecule has 0 heterocycles. The predicted octanol–water partition coefficient (Wildman–Crippen LogP) is 3.44. The van der Waals surface area contributed by atoms with Gasteiger partial charge in [0.2, 0.25) is 10.0 Å². The lowest BCUT2D eigenvalue weighted by Gasteiger charge is -2.16. The second-order valence-corrected chi connectivity index (χ2v) is 6.92. The minimum Gasteiger partial charge on any atom is -0.495 e. The first-order valence-electron chi connectivity index (χ1n) is 7.32. The van der Waals surface area contributed by atoms with E-state index < -0.39 is 21.9 Å². The molecule has 0 aliphatic heterocycles. The molecule has 1 N–H and O–H groups in total. The SMILES string of the molecule is CCc1ccc([C@@H](C)NS(=O)(=O)c2cc(F)ccc2OC)cc1. The molecule has 1 atom stereocenters. The van der Waals surface area contributed by atoms with Gasteiger partial charge in [-0.15, -0.1) is 0 Å². The summed E-state index contributed by atoms with van der Waals surface area (Å²) in [5, 5.41) is 0. The van der Waals surface area contributed by atoms with Crippen LogP contribution in [0.2, 0.25) is 0 Å². The highest BCUT2D eigenvalue weighted by molar-refractivity contribution is 7.89. The third kappa shape index (κ3) is 4.09. The maximum atomic E-state index is 13.4. The van der Waals surface area contributed by atoms with Crippen molar-refractivity contribution in [2.45, 2.75) is 31.2 Å². The van der Waals surface area contributed by atoms with E-state index in [1.165, 1.54) is 18.7 Å². The molecule has 0 amide bonds. The highest BCUT2D eigenvalue weighted by atomic mass is 32.2. The normalized spacial score (nSPS) is 12.9. The van der Waals surface area contributed by atoms with E-state index in [4.69, 9.17) is 4.74 Å². The molecule has 0 aromatic heterocycles. The third-order valence-corrected chi connectivity index (χ3v) is 5.20. The van der Waals surface area contributed by atoms with Gasteiger partial charge in [0, 0.05) is 6.04 Å². The van der Waals surface area contributed by atoms with Crippen LogP contribution in [0.1, 0.15) is 31.0 Å². The smallest absolute Gasteiger partial charge is 0.244 e. The topological polar surface area (TPSA) is 55.4 Å². The first-order valence-corrected chi connectivity index (χ1v) is 8.80. The number of rotatable bonds is 6. The van der Waals surface area contributed by atoms with Gasteiger partial charge < -0.3 is 4.74 Å². The van der Waals surface area contributed by atoms with E-state index in [1.807, 2.05) is 24.3 Å². The number of ether oxygens (including phenoxy) is 1. The molecular formula is C17H20FNO3S. The van der Waals surface area contributed by atoms with Gasteiger partial charge in [-0.2, -0.15) is 0 Å². The first kappa shape index (κ1) is 17.4. The molecule has 0 spiro atoms. The Morgan fingerprint density at radius 1 is 1.17 bits per heavy atom. The number of hydrogen-bond donors (Lipinski definition) is 1. The average Bonchev–Trinajstić information content (AvgIpc) is 2.54. The number of nitrogens with one attached hydrogen (secondary N) is 1. The van der Waals surface area contributed by atoms with Gasteiger partial charge in [0.15, 0.2) is 0 Å². The quantitative estimate of drug-likeness (QED) is 0.878. The summed E-state index contributed by atoms with van der Waals surface area (Å²) in [7, 11) is -2.56. The Morgan fingerprint density at radius 3 is 2.39 bits per heavy atom. The van der Waals surface area contributed by atoms with Crippen LogP contribution in [-0.2, 0) is 16.4 Å². The molecule has 0 aliphatic rings. The number of halogens is 1. The fourth-order valence-corrected chi connectivity index (χ4v) is 3.68. The summed E-state index contributed by atoms with van der Waals surface area (Å²) >= 11 is 0. The maximum absolute atomic E-state index is 13.4. The Balaban J connectivity index is 2.28. The van der Waals surface area contributed by atoms with Crippen LogP contribution in [0, 0.1) is 5.82 Å². The lowest BCUT2D eigenvalue weighted by Crippen LogP contribution is -2.27. The zero-order chi connectivity index (χ0) is 17.0. The van der Waals surface area contributed by atoms with E-state index in [-0.39, 0.29) is 10.6 Å². The predicted molar refractivity (Wildman–Crippen MR) is 87.5 cm³/mol. The Hall–Kier alpha value is -1.92. The van der Waals surface area contributed by atoms with Crippen LogP contribution in [0.5, 0.6) is 5.75 Å². The number of hydrogen-bond acceptors (Lipinski definition) is 3. The van der Waals surface area contributed by atoms with Crippen molar-refractivity contribution in [3.63, 3.8) is 0 Å². The first-order chi connectivity index (χ1) is 10.9. The van der Waals surface area contributed by atoms with Crippen molar-refractivity contribution in [3.05, 3.63) is 59.4 Å². The van der Waals surface area contributed by atoms with Crippen molar-refractivity contribution >= 4 is 10.0 Å². The summed E-state index contributed by atoms with van der Waals surface area (Å²) in [5.74, 6) is -0.529. The van der Waals surface area contributed by atoms with Crippen LogP contribution in [0.4, 0.5) is 4.39 Å². The monoisotopic (exact) mass is 337 g/mol. The lowest BCUT2D eigenvalue weighted by molar-refractivity contribution is 0.400. The molecule has 23 heavy (non-hydrogen) atoms. The fraction of sp³-hybridized carbons (Fsp3) is 0.294. The van der Waals surface area contributed by atoms with Gasteiger partial charge in [-0.1, -0.05) is 31.2 Å². The van der Waals surface area contributed by atoms with Gasteiger partial charge in [-0.05, 0) is 42.7 Å². The number of benzene rings is 2. The molecule has 0 unspecified atom stereocenters. The van der Waals surface area contributed by atoms with Crippen molar-refractivity contribution < 1.29 is 17.5 Å². The van der Waals surface area contributed by atoms with E-state index in [1.54, 1.807) is 6.92 Å². The number of aryl methyl sites for hydroxylation is 1. The second-order valence-electron chi connectivity index (χ2n) is 5.23. The van der Waals surface area contributed by atoms with E-state index in [0.717, 1.165) is 24.1 Å². The Morgan fingerprint density at radius 2 is 1.83 bits per heavy atom. The Labute approximate surface area is 136 Å². The molecular weight excluding hydrogens is 317 g/mol. The molecule has 2 aromatic carbocycles. The van der Waals surface area contributed by atoms with Crippen molar-refractivity contribution in [1.82, 2.24) is 4.72 Å². The molecule has 0 saturated carbocycles. The second kappa shape index (κ2) is 7.10. The lowest BCUT2D eigenvalue weighted by atomic mass is 10.1. The summed E-state index contributed by atoms with van der Waals surface area (Å²) in [5.41, 5.74) is 2.01. The van der Waals surface area contributed by atoms with Crippen molar-refractivity contribution in [2.75, 3.05) is 7.11 Å². The molecule has 0 aliphatic carbocycles. The van der Waals surface area contributed by atoms with Crippen molar-refractivity contribution in [1.29, 1.82) is 0 Å². The van der Waals surface area contributed by atoms with Crippen LogP contribution in [0.25, 0.3) is 0 Å². The summed E-state index contributed by atoms with van der Waals surface area (Å²) in [6.07, 6.45) is 0.918. The largest absolute Gasteiger partial charge is 0.495 e. The highest BCUT2D eigenvalue weighted by Crippen LogP contribution is 2.26. The summed E-state index contributed by atoms with van der Waals surface area (Å²) in [6.45, 7) is 3.79. The van der Waals surface area contributed by atoms with E-state index in [9.17, 15) is 12.8 Å². The molecule has 0 fully saturated rings. The summed E-state index contributed by atoms with van der Waals surface area (Å²) in [6, 6.07) is 10.7. The minimum absolute atomic E-state index is 0.104. The molecule has 0 bridgehead atoms. The summed E-state index contributed by atoms with van der Waals surface area (Å²) < 4.78 is 46.0. The van der Waals surface area contributed by atoms with Gasteiger partial charge in [-0.3, -0.25) is 0 Å². The van der Waals surface area contributed by atoms with Gasteiger partial charge in [0.25, 0.3) is 0 Å². The van der Waals surface area contributed by atoms with Crippen molar-refractivity contribution in [2.24, 2.45) is 0 Å². The van der Waals surface area contributed by atoms with E-state index in [2.05, 4.69) is 11.6 Å². The van der Waals surface area contributed by atoms with Gasteiger partial charge in [0.1, 0.15) is 16.5 Å². The van der Waals surface area contributed by atoms with Crippen LogP contribution < -0.4 is 9.46 Å². The van der Waals surface area contributed by atoms with Crippen LogP contribution in [0.3, 0.4) is 0 Å². The highest BCUT2D eigenvalue weighted by Gasteiger charge is 2.23. The van der Waals surface area contributed by atoms with E-state index in [0.29, 0.717) is 0 Å². The molecule has 0 radical (unpaired) electrons. The molecule has 124 valence electrons. The van der Waals surface area contributed by atoms with Gasteiger partial charge >= 0.3 is 0 Å². The zero-order valence-electron chi connectivity index (χ0n) is 13.3. The molecule has 4 nitrogen and oxygen atoms in total. The van der Waals surface area contributed by atoms with Crippen molar-refractivity contribution in [3.8, 4) is 5.75 Å². The maximum Gasteiger partial charge on any atom is 0.244 e. The van der Waals surface area contributed by atoms with Crippen LogP contribution in [0.15, 0.2) is 47.4 Å². The van der Waals surface area contributed by atoms with Gasteiger partial charge in [0.05, 0.1) is 7.11 Å².